The number of hydrogen-bond donors (Lipinski definition) is 1. The Kier molecular flexibility index (Phi) is 4.80. The van der Waals surface area contributed by atoms with E-state index in [1.54, 1.807) is 0 Å². The molecule has 0 aliphatic heterocycles. The van der Waals surface area contributed by atoms with E-state index in [2.05, 4.69) is 28.0 Å². The van der Waals surface area contributed by atoms with E-state index in [0.29, 0.717) is 0 Å². The van der Waals surface area contributed by atoms with Crippen molar-refractivity contribution in [2.45, 2.75) is 45.6 Å². The van der Waals surface area contributed by atoms with Gasteiger partial charge < -0.3 is 5.11 Å². The molecule has 0 aliphatic carbocycles. The topological polar surface area (TPSA) is 38.0 Å². The van der Waals surface area contributed by atoms with Crippen molar-refractivity contribution >= 4 is 15.9 Å². The molecule has 1 unspecified atom stereocenters. The molecule has 1 heterocycles. The summed E-state index contributed by atoms with van der Waals surface area (Å²) in [4.78, 5) is 0. The molecule has 3 nitrogen and oxygen atoms in total. The number of hydrogen-bond acceptors (Lipinski definition) is 2. The molecular formula is C11H19BrN2O. The number of aryl methyl sites for hydroxylation is 2. The second-order valence-corrected chi connectivity index (χ2v) is 4.72. The lowest BCUT2D eigenvalue weighted by Gasteiger charge is -2.04. The number of aromatic nitrogens is 2. The van der Waals surface area contributed by atoms with Crippen molar-refractivity contribution in [2.24, 2.45) is 7.05 Å². The van der Waals surface area contributed by atoms with Crippen LogP contribution in [0.2, 0.25) is 0 Å². The van der Waals surface area contributed by atoms with Gasteiger partial charge in [0.05, 0.1) is 22.0 Å². The third-order valence-electron chi connectivity index (χ3n) is 2.54. The molecule has 1 atom stereocenters. The Balaban J connectivity index is 2.64. The summed E-state index contributed by atoms with van der Waals surface area (Å²) in [6.07, 6.45) is 3.56. The van der Waals surface area contributed by atoms with E-state index in [9.17, 15) is 5.11 Å². The lowest BCUT2D eigenvalue weighted by molar-refractivity contribution is 0.181. The highest BCUT2D eigenvalue weighted by atomic mass is 79.9. The molecule has 1 aromatic heterocycles. The van der Waals surface area contributed by atoms with Gasteiger partial charge in [0.1, 0.15) is 0 Å². The minimum absolute atomic E-state index is 0.206. The van der Waals surface area contributed by atoms with Crippen molar-refractivity contribution in [3.05, 3.63) is 15.9 Å². The Morgan fingerprint density at radius 3 is 2.67 bits per heavy atom. The van der Waals surface area contributed by atoms with Crippen LogP contribution in [-0.4, -0.2) is 21.0 Å². The first kappa shape index (κ1) is 12.7. The highest BCUT2D eigenvalue weighted by Crippen LogP contribution is 2.23. The minimum Gasteiger partial charge on any atom is -0.393 e. The quantitative estimate of drug-likeness (QED) is 0.896. The van der Waals surface area contributed by atoms with E-state index in [4.69, 9.17) is 0 Å². The van der Waals surface area contributed by atoms with Crippen LogP contribution in [0.25, 0.3) is 0 Å². The molecular weight excluding hydrogens is 256 g/mol. The molecule has 1 N–H and O–H groups in total. The maximum atomic E-state index is 9.19. The minimum atomic E-state index is -0.206. The van der Waals surface area contributed by atoms with Gasteiger partial charge in [-0.2, -0.15) is 5.10 Å². The van der Waals surface area contributed by atoms with E-state index in [1.165, 1.54) is 5.69 Å². The molecule has 0 spiro atoms. The molecule has 0 saturated heterocycles. The van der Waals surface area contributed by atoms with Crippen LogP contribution >= 0.6 is 15.9 Å². The standard InChI is InChI=1S/C11H19BrN2O/c1-4-9-11(12)10(14(3)13-9)7-5-6-8(2)15/h8,15H,4-7H2,1-3H3. The average Bonchev–Trinajstić information content (AvgIpc) is 2.44. The fourth-order valence-corrected chi connectivity index (χ4v) is 2.47. The van der Waals surface area contributed by atoms with E-state index in [1.807, 2.05) is 18.7 Å². The molecule has 86 valence electrons. The van der Waals surface area contributed by atoms with Gasteiger partial charge >= 0.3 is 0 Å². The van der Waals surface area contributed by atoms with Crippen LogP contribution in [0.1, 0.15) is 38.1 Å². The second kappa shape index (κ2) is 5.66. The summed E-state index contributed by atoms with van der Waals surface area (Å²) < 4.78 is 3.07. The number of rotatable bonds is 5. The summed E-state index contributed by atoms with van der Waals surface area (Å²) in [5.74, 6) is 0. The number of halogens is 1. The van der Waals surface area contributed by atoms with Crippen molar-refractivity contribution in [3.8, 4) is 0 Å². The Labute approximate surface area is 99.6 Å². The lowest BCUT2D eigenvalue weighted by Crippen LogP contribution is -2.03. The summed E-state index contributed by atoms with van der Waals surface area (Å²) >= 11 is 3.58. The first-order valence-corrected chi connectivity index (χ1v) is 6.23. The number of aliphatic hydroxyl groups is 1. The van der Waals surface area contributed by atoms with Gasteiger partial charge in [-0.3, -0.25) is 4.68 Å². The molecule has 4 heteroatoms. The summed E-state index contributed by atoms with van der Waals surface area (Å²) in [5.41, 5.74) is 2.34. The summed E-state index contributed by atoms with van der Waals surface area (Å²) in [5, 5.41) is 13.6. The van der Waals surface area contributed by atoms with Crippen molar-refractivity contribution in [2.75, 3.05) is 0 Å². The van der Waals surface area contributed by atoms with Crippen LogP contribution in [-0.2, 0) is 19.9 Å². The highest BCUT2D eigenvalue weighted by Gasteiger charge is 2.11. The third kappa shape index (κ3) is 3.31. The smallest absolute Gasteiger partial charge is 0.0766 e. The van der Waals surface area contributed by atoms with E-state index < -0.39 is 0 Å². The molecule has 15 heavy (non-hydrogen) atoms. The first-order valence-electron chi connectivity index (χ1n) is 5.44. The molecule has 0 aliphatic rings. The van der Waals surface area contributed by atoms with E-state index in [-0.39, 0.29) is 6.10 Å². The predicted molar refractivity (Wildman–Crippen MR) is 64.9 cm³/mol. The van der Waals surface area contributed by atoms with Crippen LogP contribution in [0.15, 0.2) is 4.47 Å². The Morgan fingerprint density at radius 2 is 2.20 bits per heavy atom. The zero-order valence-electron chi connectivity index (χ0n) is 9.63. The molecule has 0 amide bonds. The summed E-state index contributed by atoms with van der Waals surface area (Å²) in [6.45, 7) is 3.93. The molecule has 1 rings (SSSR count). The van der Waals surface area contributed by atoms with Gasteiger partial charge in [-0.1, -0.05) is 6.92 Å². The Hall–Kier alpha value is -0.350. The number of nitrogens with zero attached hydrogens (tertiary/aromatic N) is 2. The molecule has 0 bridgehead atoms. The van der Waals surface area contributed by atoms with Gasteiger partial charge in [0.15, 0.2) is 0 Å². The maximum absolute atomic E-state index is 9.19. The van der Waals surface area contributed by atoms with Gasteiger partial charge in [-0.25, -0.2) is 0 Å². The monoisotopic (exact) mass is 274 g/mol. The largest absolute Gasteiger partial charge is 0.393 e. The molecule has 1 aromatic rings. The maximum Gasteiger partial charge on any atom is 0.0766 e. The molecule has 0 fully saturated rings. The van der Waals surface area contributed by atoms with Crippen molar-refractivity contribution < 1.29 is 5.11 Å². The van der Waals surface area contributed by atoms with Crippen LogP contribution in [0.3, 0.4) is 0 Å². The Morgan fingerprint density at radius 1 is 1.53 bits per heavy atom. The van der Waals surface area contributed by atoms with Crippen molar-refractivity contribution in [3.63, 3.8) is 0 Å². The van der Waals surface area contributed by atoms with Gasteiger partial charge in [0.2, 0.25) is 0 Å². The molecule has 0 aromatic carbocycles. The zero-order chi connectivity index (χ0) is 11.4. The average molecular weight is 275 g/mol. The van der Waals surface area contributed by atoms with Gasteiger partial charge in [-0.15, -0.1) is 0 Å². The molecule has 0 radical (unpaired) electrons. The normalized spacial score (nSPS) is 13.1. The van der Waals surface area contributed by atoms with E-state index >= 15 is 0 Å². The van der Waals surface area contributed by atoms with Gasteiger partial charge in [0.25, 0.3) is 0 Å². The van der Waals surface area contributed by atoms with Crippen molar-refractivity contribution in [1.82, 2.24) is 9.78 Å². The van der Waals surface area contributed by atoms with Crippen LogP contribution in [0.5, 0.6) is 0 Å². The van der Waals surface area contributed by atoms with Crippen molar-refractivity contribution in [1.29, 1.82) is 0 Å². The van der Waals surface area contributed by atoms with Crippen LogP contribution in [0.4, 0.5) is 0 Å². The second-order valence-electron chi connectivity index (χ2n) is 3.93. The fourth-order valence-electron chi connectivity index (χ4n) is 1.66. The zero-order valence-corrected chi connectivity index (χ0v) is 11.2. The van der Waals surface area contributed by atoms with E-state index in [0.717, 1.165) is 35.8 Å². The first-order chi connectivity index (χ1) is 7.06. The van der Waals surface area contributed by atoms with Crippen LogP contribution in [0, 0.1) is 0 Å². The number of aliphatic hydroxyl groups excluding tert-OH is 1. The Bertz CT molecular complexity index is 321. The highest BCUT2D eigenvalue weighted by molar-refractivity contribution is 9.10. The van der Waals surface area contributed by atoms with Gasteiger partial charge in [-0.05, 0) is 48.5 Å². The summed E-state index contributed by atoms with van der Waals surface area (Å²) in [6, 6.07) is 0. The predicted octanol–water partition coefficient (Wildman–Crippen LogP) is 2.45. The third-order valence-corrected chi connectivity index (χ3v) is 3.45. The molecule has 0 saturated carbocycles. The lowest BCUT2D eigenvalue weighted by atomic mass is 10.1. The SMILES string of the molecule is CCc1nn(C)c(CCCC(C)O)c1Br. The fraction of sp³-hybridized carbons (Fsp3) is 0.727. The summed E-state index contributed by atoms with van der Waals surface area (Å²) in [7, 11) is 1.97. The van der Waals surface area contributed by atoms with Gasteiger partial charge in [0, 0.05) is 7.05 Å². The van der Waals surface area contributed by atoms with Crippen LogP contribution < -0.4 is 0 Å².